The van der Waals surface area contributed by atoms with Crippen molar-refractivity contribution < 1.29 is 14.4 Å². The van der Waals surface area contributed by atoms with E-state index in [2.05, 4.69) is 5.32 Å². The van der Waals surface area contributed by atoms with E-state index >= 15 is 0 Å². The standard InChI is InChI=1S/C22H23N3O3S/c1-15-4-6-17(7-5-15)13-23-20(26)14-25-21(27)19(29-22(25)28)12-16-8-10-18(11-9-16)24(2)3/h4-12H,13-14H2,1-3H3,(H,23,26)/b19-12-. The number of nitrogens with one attached hydrogen (secondary N) is 1. The van der Waals surface area contributed by atoms with Gasteiger partial charge in [-0.2, -0.15) is 0 Å². The highest BCUT2D eigenvalue weighted by molar-refractivity contribution is 8.18. The molecule has 3 rings (SSSR count). The van der Waals surface area contributed by atoms with E-state index in [1.54, 1.807) is 6.08 Å². The fraction of sp³-hybridized carbons (Fsp3) is 0.227. The largest absolute Gasteiger partial charge is 0.378 e. The highest BCUT2D eigenvalue weighted by Gasteiger charge is 2.36. The van der Waals surface area contributed by atoms with Gasteiger partial charge in [0.25, 0.3) is 11.1 Å². The molecule has 1 aliphatic rings. The molecule has 1 heterocycles. The summed E-state index contributed by atoms with van der Waals surface area (Å²) in [6.07, 6.45) is 1.68. The van der Waals surface area contributed by atoms with Crippen molar-refractivity contribution in [2.45, 2.75) is 13.5 Å². The molecule has 2 aromatic rings. The van der Waals surface area contributed by atoms with E-state index in [1.165, 1.54) is 0 Å². The van der Waals surface area contributed by atoms with E-state index in [-0.39, 0.29) is 12.5 Å². The molecule has 0 saturated carbocycles. The van der Waals surface area contributed by atoms with Crippen molar-refractivity contribution in [1.82, 2.24) is 10.2 Å². The number of hydrogen-bond donors (Lipinski definition) is 1. The lowest BCUT2D eigenvalue weighted by molar-refractivity contribution is -0.129. The smallest absolute Gasteiger partial charge is 0.294 e. The van der Waals surface area contributed by atoms with Crippen molar-refractivity contribution in [2.24, 2.45) is 0 Å². The first-order valence-corrected chi connectivity index (χ1v) is 10.00. The Kier molecular flexibility index (Phi) is 6.39. The number of anilines is 1. The molecule has 6 nitrogen and oxygen atoms in total. The van der Waals surface area contributed by atoms with Crippen molar-refractivity contribution in [3.05, 3.63) is 70.1 Å². The Morgan fingerprint density at radius 3 is 2.34 bits per heavy atom. The molecule has 0 aliphatic carbocycles. The molecule has 150 valence electrons. The number of hydrogen-bond acceptors (Lipinski definition) is 5. The van der Waals surface area contributed by atoms with Gasteiger partial charge in [-0.3, -0.25) is 19.3 Å². The van der Waals surface area contributed by atoms with Crippen LogP contribution in [0.2, 0.25) is 0 Å². The molecular formula is C22H23N3O3S. The average Bonchev–Trinajstić information content (AvgIpc) is 2.95. The molecule has 0 bridgehead atoms. The molecule has 1 saturated heterocycles. The zero-order chi connectivity index (χ0) is 21.0. The fourth-order valence-electron chi connectivity index (χ4n) is 2.76. The minimum absolute atomic E-state index is 0.284. The molecule has 1 N–H and O–H groups in total. The van der Waals surface area contributed by atoms with E-state index in [9.17, 15) is 14.4 Å². The fourth-order valence-corrected chi connectivity index (χ4v) is 3.60. The van der Waals surface area contributed by atoms with Gasteiger partial charge in [-0.1, -0.05) is 42.0 Å². The molecule has 0 atom stereocenters. The molecule has 0 radical (unpaired) electrons. The summed E-state index contributed by atoms with van der Waals surface area (Å²) in [5, 5.41) is 2.32. The van der Waals surface area contributed by atoms with Gasteiger partial charge in [-0.25, -0.2) is 0 Å². The number of carbonyl (C=O) groups excluding carboxylic acids is 3. The number of rotatable bonds is 6. The van der Waals surface area contributed by atoms with Crippen LogP contribution in [0, 0.1) is 6.92 Å². The highest BCUT2D eigenvalue weighted by atomic mass is 32.2. The van der Waals surface area contributed by atoms with Crippen molar-refractivity contribution in [1.29, 1.82) is 0 Å². The van der Waals surface area contributed by atoms with Crippen molar-refractivity contribution in [3.8, 4) is 0 Å². The van der Waals surface area contributed by atoms with Crippen molar-refractivity contribution in [3.63, 3.8) is 0 Å². The molecular weight excluding hydrogens is 386 g/mol. The summed E-state index contributed by atoms with van der Waals surface area (Å²) in [6.45, 7) is 2.06. The number of nitrogens with zero attached hydrogens (tertiary/aromatic N) is 2. The Morgan fingerprint density at radius 2 is 1.72 bits per heavy atom. The normalized spacial score (nSPS) is 15.1. The summed E-state index contributed by atoms with van der Waals surface area (Å²) >= 11 is 0.853. The average molecular weight is 410 g/mol. The Labute approximate surface area is 174 Å². The van der Waals surface area contributed by atoms with Crippen LogP contribution in [0.5, 0.6) is 0 Å². The second-order valence-corrected chi connectivity index (χ2v) is 8.01. The molecule has 0 aromatic heterocycles. The maximum absolute atomic E-state index is 12.6. The van der Waals surface area contributed by atoms with Gasteiger partial charge in [0, 0.05) is 26.3 Å². The SMILES string of the molecule is Cc1ccc(CNC(=O)CN2C(=O)S/C(=C\c3ccc(N(C)C)cc3)C2=O)cc1. The van der Waals surface area contributed by atoms with Crippen LogP contribution in [0.3, 0.4) is 0 Å². The first kappa shape index (κ1) is 20.7. The van der Waals surface area contributed by atoms with E-state index in [1.807, 2.05) is 74.4 Å². The third kappa shape index (κ3) is 5.26. The predicted molar refractivity (Wildman–Crippen MR) is 116 cm³/mol. The minimum Gasteiger partial charge on any atom is -0.378 e. The second kappa shape index (κ2) is 8.96. The number of aryl methyl sites for hydroxylation is 1. The number of carbonyl (C=O) groups is 3. The van der Waals surface area contributed by atoms with Gasteiger partial charge in [0.15, 0.2) is 0 Å². The summed E-state index contributed by atoms with van der Waals surface area (Å²) in [5.41, 5.74) is 3.96. The molecule has 3 amide bonds. The third-order valence-electron chi connectivity index (χ3n) is 4.49. The van der Waals surface area contributed by atoms with Gasteiger partial charge in [0.1, 0.15) is 6.54 Å². The number of imide groups is 1. The van der Waals surface area contributed by atoms with Crippen LogP contribution in [0.15, 0.2) is 53.4 Å². The van der Waals surface area contributed by atoms with E-state index in [0.717, 1.165) is 39.0 Å². The maximum atomic E-state index is 12.6. The van der Waals surface area contributed by atoms with Crippen LogP contribution >= 0.6 is 11.8 Å². The van der Waals surface area contributed by atoms with Crippen LogP contribution in [-0.4, -0.2) is 42.6 Å². The van der Waals surface area contributed by atoms with Gasteiger partial charge in [-0.05, 0) is 48.0 Å². The van der Waals surface area contributed by atoms with Crippen LogP contribution in [-0.2, 0) is 16.1 Å². The zero-order valence-corrected chi connectivity index (χ0v) is 17.5. The first-order valence-electron chi connectivity index (χ1n) is 9.18. The van der Waals surface area contributed by atoms with Gasteiger partial charge < -0.3 is 10.2 Å². The highest BCUT2D eigenvalue weighted by Crippen LogP contribution is 2.32. The summed E-state index contributed by atoms with van der Waals surface area (Å²) in [7, 11) is 3.90. The topological polar surface area (TPSA) is 69.7 Å². The van der Waals surface area contributed by atoms with Crippen LogP contribution < -0.4 is 10.2 Å². The molecule has 0 spiro atoms. The lowest BCUT2D eigenvalue weighted by Crippen LogP contribution is -2.39. The van der Waals surface area contributed by atoms with Gasteiger partial charge in [0.2, 0.25) is 5.91 Å². The van der Waals surface area contributed by atoms with Gasteiger partial charge in [-0.15, -0.1) is 0 Å². The van der Waals surface area contributed by atoms with E-state index in [0.29, 0.717) is 11.4 Å². The quantitative estimate of drug-likeness (QED) is 0.741. The van der Waals surface area contributed by atoms with E-state index in [4.69, 9.17) is 0 Å². The lowest BCUT2D eigenvalue weighted by atomic mass is 10.1. The monoisotopic (exact) mass is 409 g/mol. The van der Waals surface area contributed by atoms with Crippen molar-refractivity contribution in [2.75, 3.05) is 25.5 Å². The summed E-state index contributed by atoms with van der Waals surface area (Å²) in [5.74, 6) is -0.813. The maximum Gasteiger partial charge on any atom is 0.294 e. The molecule has 1 fully saturated rings. The molecule has 0 unspecified atom stereocenters. The summed E-state index contributed by atoms with van der Waals surface area (Å²) < 4.78 is 0. The summed E-state index contributed by atoms with van der Waals surface area (Å²) in [6, 6.07) is 15.4. The van der Waals surface area contributed by atoms with Crippen LogP contribution in [0.4, 0.5) is 10.5 Å². The Balaban J connectivity index is 1.60. The number of benzene rings is 2. The Hall–Kier alpha value is -3.06. The Bertz CT molecular complexity index is 950. The predicted octanol–water partition coefficient (Wildman–Crippen LogP) is 3.41. The number of thioether (sulfide) groups is 1. The van der Waals surface area contributed by atoms with Crippen LogP contribution in [0.1, 0.15) is 16.7 Å². The molecule has 1 aliphatic heterocycles. The summed E-state index contributed by atoms with van der Waals surface area (Å²) in [4.78, 5) is 40.3. The van der Waals surface area contributed by atoms with E-state index < -0.39 is 11.1 Å². The molecule has 29 heavy (non-hydrogen) atoms. The molecule has 2 aromatic carbocycles. The number of amides is 3. The second-order valence-electron chi connectivity index (χ2n) is 7.02. The van der Waals surface area contributed by atoms with Crippen molar-refractivity contribution >= 4 is 40.6 Å². The van der Waals surface area contributed by atoms with Gasteiger partial charge in [0.05, 0.1) is 4.91 Å². The molecule has 7 heteroatoms. The third-order valence-corrected chi connectivity index (χ3v) is 5.40. The first-order chi connectivity index (χ1) is 13.8. The zero-order valence-electron chi connectivity index (χ0n) is 16.6. The lowest BCUT2D eigenvalue weighted by Gasteiger charge is -2.13. The van der Waals surface area contributed by atoms with Crippen LogP contribution in [0.25, 0.3) is 6.08 Å². The Morgan fingerprint density at radius 1 is 1.07 bits per heavy atom. The van der Waals surface area contributed by atoms with Gasteiger partial charge >= 0.3 is 0 Å². The minimum atomic E-state index is -0.442.